The van der Waals surface area contributed by atoms with E-state index in [1.165, 1.54) is 6.42 Å². The fourth-order valence-electron chi connectivity index (χ4n) is 2.11. The highest BCUT2D eigenvalue weighted by Crippen LogP contribution is 2.22. The number of nitrogens with zero attached hydrogens (tertiary/aromatic N) is 1. The molecule has 0 N–H and O–H groups in total. The van der Waals surface area contributed by atoms with Gasteiger partial charge >= 0.3 is 0 Å². The number of hydrogen-bond acceptors (Lipinski definition) is 1. The molecule has 0 saturated carbocycles. The van der Waals surface area contributed by atoms with Crippen LogP contribution in [-0.2, 0) is 0 Å². The van der Waals surface area contributed by atoms with Crippen LogP contribution in [0.4, 0.5) is 0 Å². The zero-order valence-electron chi connectivity index (χ0n) is 10.5. The minimum absolute atomic E-state index is 0.654. The van der Waals surface area contributed by atoms with Crippen LogP contribution in [0.2, 0.25) is 0 Å². The molecular weight excluding hydrogens is 158 g/mol. The summed E-state index contributed by atoms with van der Waals surface area (Å²) < 4.78 is 0. The van der Waals surface area contributed by atoms with Gasteiger partial charge in [-0.25, -0.2) is 0 Å². The van der Waals surface area contributed by atoms with Gasteiger partial charge in [0.15, 0.2) is 0 Å². The van der Waals surface area contributed by atoms with Crippen LogP contribution in [0.5, 0.6) is 0 Å². The summed E-state index contributed by atoms with van der Waals surface area (Å²) in [5.41, 5.74) is 0. The van der Waals surface area contributed by atoms with Crippen molar-refractivity contribution in [3.05, 3.63) is 0 Å². The van der Waals surface area contributed by atoms with E-state index < -0.39 is 0 Å². The van der Waals surface area contributed by atoms with E-state index in [-0.39, 0.29) is 0 Å². The lowest BCUT2D eigenvalue weighted by molar-refractivity contribution is 0.105. The van der Waals surface area contributed by atoms with E-state index in [2.05, 4.69) is 53.5 Å². The summed E-state index contributed by atoms with van der Waals surface area (Å²) in [6, 6.07) is 1.38. The van der Waals surface area contributed by atoms with Crippen molar-refractivity contribution in [1.82, 2.24) is 4.90 Å². The van der Waals surface area contributed by atoms with Crippen LogP contribution < -0.4 is 0 Å². The molecule has 0 aromatic rings. The summed E-state index contributed by atoms with van der Waals surface area (Å²) in [5.74, 6) is 1.55. The monoisotopic (exact) mass is 185 g/mol. The fourth-order valence-corrected chi connectivity index (χ4v) is 2.11. The van der Waals surface area contributed by atoms with Gasteiger partial charge in [-0.15, -0.1) is 0 Å². The molecule has 2 atom stereocenters. The lowest BCUT2D eigenvalue weighted by Gasteiger charge is -2.38. The number of hydrogen-bond donors (Lipinski definition) is 0. The van der Waals surface area contributed by atoms with E-state index >= 15 is 0 Å². The predicted molar refractivity (Wildman–Crippen MR) is 61.0 cm³/mol. The largest absolute Gasteiger partial charge is 0.301 e. The zero-order chi connectivity index (χ0) is 10.6. The molecule has 13 heavy (non-hydrogen) atoms. The van der Waals surface area contributed by atoms with Crippen molar-refractivity contribution in [3.63, 3.8) is 0 Å². The average molecular weight is 185 g/mol. The van der Waals surface area contributed by atoms with Crippen LogP contribution in [0.15, 0.2) is 0 Å². The summed E-state index contributed by atoms with van der Waals surface area (Å²) in [6.07, 6.45) is 1.28. The van der Waals surface area contributed by atoms with Gasteiger partial charge in [0, 0.05) is 12.1 Å². The second-order valence-electron chi connectivity index (χ2n) is 4.88. The molecule has 0 radical (unpaired) electrons. The summed E-state index contributed by atoms with van der Waals surface area (Å²) in [7, 11) is 2.25. The normalized spacial score (nSPS) is 17.1. The molecular formula is C12H27N. The van der Waals surface area contributed by atoms with Gasteiger partial charge in [0.05, 0.1) is 0 Å². The molecule has 0 aromatic heterocycles. The topological polar surface area (TPSA) is 3.24 Å². The molecule has 0 rings (SSSR count). The Morgan fingerprint density at radius 3 is 1.69 bits per heavy atom. The molecule has 0 heterocycles. The van der Waals surface area contributed by atoms with Crippen LogP contribution in [0, 0.1) is 11.8 Å². The summed E-state index contributed by atoms with van der Waals surface area (Å²) in [6.45, 7) is 13.9. The van der Waals surface area contributed by atoms with Crippen LogP contribution >= 0.6 is 0 Å². The molecule has 0 fully saturated rings. The van der Waals surface area contributed by atoms with Crippen LogP contribution in [0.25, 0.3) is 0 Å². The minimum Gasteiger partial charge on any atom is -0.301 e. The SMILES string of the molecule is CCC(C)[C@H](C(C)C)N(C)C(C)C. The first kappa shape index (κ1) is 13.0. The Morgan fingerprint density at radius 2 is 1.46 bits per heavy atom. The van der Waals surface area contributed by atoms with Crippen molar-refractivity contribution in [1.29, 1.82) is 0 Å². The molecule has 0 spiro atoms. The molecule has 0 amide bonds. The Labute approximate surface area is 84.5 Å². The maximum Gasteiger partial charge on any atom is 0.0143 e. The maximum absolute atomic E-state index is 2.51. The average Bonchev–Trinajstić information content (AvgIpc) is 2.03. The van der Waals surface area contributed by atoms with E-state index in [0.717, 1.165) is 17.9 Å². The molecule has 1 unspecified atom stereocenters. The van der Waals surface area contributed by atoms with E-state index in [9.17, 15) is 0 Å². The van der Waals surface area contributed by atoms with Crippen LogP contribution in [0.1, 0.15) is 48.0 Å². The van der Waals surface area contributed by atoms with Gasteiger partial charge in [0.25, 0.3) is 0 Å². The second kappa shape index (κ2) is 5.64. The maximum atomic E-state index is 2.51. The van der Waals surface area contributed by atoms with Gasteiger partial charge < -0.3 is 4.90 Å². The highest BCUT2D eigenvalue weighted by Gasteiger charge is 2.25. The molecule has 0 aliphatic carbocycles. The lowest BCUT2D eigenvalue weighted by atomic mass is 9.88. The molecule has 0 saturated heterocycles. The Hall–Kier alpha value is -0.0400. The van der Waals surface area contributed by atoms with Gasteiger partial charge in [-0.1, -0.05) is 34.1 Å². The van der Waals surface area contributed by atoms with Gasteiger partial charge in [0.2, 0.25) is 0 Å². The molecule has 1 heteroatoms. The van der Waals surface area contributed by atoms with Gasteiger partial charge in [-0.3, -0.25) is 0 Å². The molecule has 1 nitrogen and oxygen atoms in total. The van der Waals surface area contributed by atoms with Crippen molar-refractivity contribution in [2.45, 2.75) is 60.0 Å². The molecule has 0 aliphatic rings. The number of rotatable bonds is 5. The minimum atomic E-state index is 0.654. The predicted octanol–water partition coefficient (Wildman–Crippen LogP) is 3.40. The lowest BCUT2D eigenvalue weighted by Crippen LogP contribution is -2.44. The van der Waals surface area contributed by atoms with E-state index in [1.807, 2.05) is 0 Å². The van der Waals surface area contributed by atoms with Crippen LogP contribution in [0.3, 0.4) is 0 Å². The third kappa shape index (κ3) is 3.68. The Morgan fingerprint density at radius 1 is 1.00 bits per heavy atom. The van der Waals surface area contributed by atoms with Crippen molar-refractivity contribution < 1.29 is 0 Å². The first-order valence-corrected chi connectivity index (χ1v) is 5.63. The highest BCUT2D eigenvalue weighted by atomic mass is 15.2. The molecule has 80 valence electrons. The first-order chi connectivity index (χ1) is 5.91. The highest BCUT2D eigenvalue weighted by molar-refractivity contribution is 4.78. The summed E-state index contributed by atoms with van der Waals surface area (Å²) in [5, 5.41) is 0. The van der Waals surface area contributed by atoms with Gasteiger partial charge in [-0.05, 0) is 32.7 Å². The van der Waals surface area contributed by atoms with Crippen molar-refractivity contribution in [2.24, 2.45) is 11.8 Å². The van der Waals surface area contributed by atoms with Gasteiger partial charge in [0.1, 0.15) is 0 Å². The third-order valence-electron chi connectivity index (χ3n) is 3.19. The Kier molecular flexibility index (Phi) is 5.62. The molecule has 0 aliphatic heterocycles. The smallest absolute Gasteiger partial charge is 0.0143 e. The summed E-state index contributed by atoms with van der Waals surface area (Å²) >= 11 is 0. The van der Waals surface area contributed by atoms with E-state index in [0.29, 0.717) is 6.04 Å². The molecule has 0 bridgehead atoms. The van der Waals surface area contributed by atoms with Crippen molar-refractivity contribution in [2.75, 3.05) is 7.05 Å². The van der Waals surface area contributed by atoms with Crippen LogP contribution in [-0.4, -0.2) is 24.0 Å². The fraction of sp³-hybridized carbons (Fsp3) is 1.00. The van der Waals surface area contributed by atoms with Crippen molar-refractivity contribution in [3.8, 4) is 0 Å². The third-order valence-corrected chi connectivity index (χ3v) is 3.19. The van der Waals surface area contributed by atoms with Gasteiger partial charge in [-0.2, -0.15) is 0 Å². The summed E-state index contributed by atoms with van der Waals surface area (Å²) in [4.78, 5) is 2.51. The van der Waals surface area contributed by atoms with Crippen molar-refractivity contribution >= 4 is 0 Å². The molecule has 0 aromatic carbocycles. The quantitative estimate of drug-likeness (QED) is 0.634. The second-order valence-corrected chi connectivity index (χ2v) is 4.88. The van der Waals surface area contributed by atoms with E-state index in [1.54, 1.807) is 0 Å². The Bertz CT molecular complexity index is 129. The van der Waals surface area contributed by atoms with E-state index in [4.69, 9.17) is 0 Å². The standard InChI is InChI=1S/C12H27N/c1-8-11(6)12(9(2)3)13(7)10(4)5/h9-12H,8H2,1-7H3/t11?,12-/m0/s1. The Balaban J connectivity index is 4.41. The zero-order valence-corrected chi connectivity index (χ0v) is 10.5. The first-order valence-electron chi connectivity index (χ1n) is 5.63.